The van der Waals surface area contributed by atoms with Crippen LogP contribution in [0.25, 0.3) is 11.2 Å². The molecule has 98 valence electrons. The molecule has 2 aromatic heterocycles. The van der Waals surface area contributed by atoms with Crippen LogP contribution in [0.15, 0.2) is 18.3 Å². The Morgan fingerprint density at radius 3 is 2.83 bits per heavy atom. The topological polar surface area (TPSA) is 90.9 Å². The van der Waals surface area contributed by atoms with Gasteiger partial charge in [-0.1, -0.05) is 0 Å². The fourth-order valence-electron chi connectivity index (χ4n) is 1.84. The molecule has 0 spiro atoms. The summed E-state index contributed by atoms with van der Waals surface area (Å²) in [6, 6.07) is 3.26. The summed E-state index contributed by atoms with van der Waals surface area (Å²) in [7, 11) is -1.17. The zero-order valence-electron chi connectivity index (χ0n) is 10.4. The SMILES string of the molecule is Cn1c(C(N)CCS(C)(=O)=O)nc2cccnc21. The summed E-state index contributed by atoms with van der Waals surface area (Å²) in [5.74, 6) is 0.720. The lowest BCUT2D eigenvalue weighted by Crippen LogP contribution is -2.19. The second-order valence-corrected chi connectivity index (χ2v) is 6.66. The highest BCUT2D eigenvalue weighted by Gasteiger charge is 2.17. The van der Waals surface area contributed by atoms with Gasteiger partial charge >= 0.3 is 0 Å². The normalized spacial score (nSPS) is 13.9. The van der Waals surface area contributed by atoms with Crippen LogP contribution in [0.5, 0.6) is 0 Å². The molecular weight excluding hydrogens is 252 g/mol. The van der Waals surface area contributed by atoms with Gasteiger partial charge in [-0.3, -0.25) is 0 Å². The van der Waals surface area contributed by atoms with Gasteiger partial charge in [-0.15, -0.1) is 0 Å². The van der Waals surface area contributed by atoms with Gasteiger partial charge in [-0.2, -0.15) is 0 Å². The first-order valence-electron chi connectivity index (χ1n) is 5.59. The average Bonchev–Trinajstić information content (AvgIpc) is 2.64. The number of nitrogens with zero attached hydrogens (tertiary/aromatic N) is 3. The highest BCUT2D eigenvalue weighted by molar-refractivity contribution is 7.90. The molecule has 0 bridgehead atoms. The Hall–Kier alpha value is -1.47. The number of rotatable bonds is 4. The van der Waals surface area contributed by atoms with Crippen molar-refractivity contribution < 1.29 is 8.42 Å². The molecule has 7 heteroatoms. The molecular formula is C11H16N4O2S. The van der Waals surface area contributed by atoms with Gasteiger partial charge in [0.15, 0.2) is 5.65 Å². The van der Waals surface area contributed by atoms with Crippen molar-refractivity contribution in [3.05, 3.63) is 24.2 Å². The monoisotopic (exact) mass is 268 g/mol. The predicted octanol–water partition coefficient (Wildman–Crippen LogP) is 0.403. The predicted molar refractivity (Wildman–Crippen MR) is 69.8 cm³/mol. The number of fused-ring (bicyclic) bond motifs is 1. The Bertz CT molecular complexity index is 663. The largest absolute Gasteiger partial charge is 0.321 e. The molecule has 0 aliphatic rings. The minimum Gasteiger partial charge on any atom is -0.321 e. The number of aromatic nitrogens is 3. The van der Waals surface area contributed by atoms with E-state index in [9.17, 15) is 8.42 Å². The summed E-state index contributed by atoms with van der Waals surface area (Å²) in [4.78, 5) is 8.61. The molecule has 18 heavy (non-hydrogen) atoms. The van der Waals surface area contributed by atoms with Crippen molar-refractivity contribution in [1.29, 1.82) is 0 Å². The van der Waals surface area contributed by atoms with Crippen LogP contribution in [-0.2, 0) is 16.9 Å². The standard InChI is InChI=1S/C11H16N4O2S/c1-15-10(8(12)5-7-18(2,16)17)14-9-4-3-6-13-11(9)15/h3-4,6,8H,5,7,12H2,1-2H3. The van der Waals surface area contributed by atoms with Gasteiger partial charge in [-0.05, 0) is 18.6 Å². The van der Waals surface area contributed by atoms with E-state index in [-0.39, 0.29) is 5.75 Å². The van der Waals surface area contributed by atoms with Crippen LogP contribution in [0.4, 0.5) is 0 Å². The molecule has 2 heterocycles. The Morgan fingerprint density at radius 1 is 1.50 bits per heavy atom. The van der Waals surface area contributed by atoms with Crippen molar-refractivity contribution in [2.24, 2.45) is 12.8 Å². The molecule has 0 amide bonds. The molecule has 2 rings (SSSR count). The quantitative estimate of drug-likeness (QED) is 0.867. The molecule has 0 saturated heterocycles. The van der Waals surface area contributed by atoms with E-state index in [1.54, 1.807) is 12.3 Å². The van der Waals surface area contributed by atoms with Gasteiger partial charge in [-0.25, -0.2) is 18.4 Å². The highest BCUT2D eigenvalue weighted by atomic mass is 32.2. The average molecular weight is 268 g/mol. The summed E-state index contributed by atoms with van der Waals surface area (Å²) in [6.45, 7) is 0. The summed E-state index contributed by atoms with van der Waals surface area (Å²) in [5.41, 5.74) is 7.51. The third kappa shape index (κ3) is 2.68. The van der Waals surface area contributed by atoms with E-state index in [1.807, 2.05) is 17.7 Å². The Morgan fingerprint density at radius 2 is 2.22 bits per heavy atom. The lowest BCUT2D eigenvalue weighted by molar-refractivity contribution is 0.581. The van der Waals surface area contributed by atoms with Crippen molar-refractivity contribution in [3.8, 4) is 0 Å². The van der Waals surface area contributed by atoms with Crippen LogP contribution in [0.2, 0.25) is 0 Å². The molecule has 0 saturated carbocycles. The number of hydrogen-bond acceptors (Lipinski definition) is 5. The van der Waals surface area contributed by atoms with Crippen LogP contribution >= 0.6 is 0 Å². The first-order valence-corrected chi connectivity index (χ1v) is 7.65. The zero-order chi connectivity index (χ0) is 13.3. The van der Waals surface area contributed by atoms with Gasteiger partial charge in [0.1, 0.15) is 21.2 Å². The van der Waals surface area contributed by atoms with Crippen molar-refractivity contribution in [3.63, 3.8) is 0 Å². The van der Waals surface area contributed by atoms with Gasteiger partial charge in [0, 0.05) is 19.5 Å². The third-order valence-electron chi connectivity index (χ3n) is 2.79. The third-order valence-corrected chi connectivity index (χ3v) is 3.77. The summed E-state index contributed by atoms with van der Waals surface area (Å²) >= 11 is 0. The number of imidazole rings is 1. The molecule has 1 unspecified atom stereocenters. The summed E-state index contributed by atoms with van der Waals surface area (Å²) in [5, 5.41) is 0. The molecule has 0 fully saturated rings. The molecule has 2 aromatic rings. The van der Waals surface area contributed by atoms with Crippen molar-refractivity contribution in [1.82, 2.24) is 14.5 Å². The fourth-order valence-corrected chi connectivity index (χ4v) is 2.52. The molecule has 1 atom stereocenters. The summed E-state index contributed by atoms with van der Waals surface area (Å²) in [6.07, 6.45) is 3.25. The van der Waals surface area contributed by atoms with E-state index in [2.05, 4.69) is 9.97 Å². The van der Waals surface area contributed by atoms with Crippen molar-refractivity contribution >= 4 is 21.0 Å². The van der Waals surface area contributed by atoms with E-state index in [4.69, 9.17) is 5.73 Å². The van der Waals surface area contributed by atoms with E-state index in [0.717, 1.165) is 11.2 Å². The summed E-state index contributed by atoms with van der Waals surface area (Å²) < 4.78 is 24.1. The Kier molecular flexibility index (Phi) is 3.36. The Labute approximate surface area is 106 Å². The van der Waals surface area contributed by atoms with E-state index >= 15 is 0 Å². The van der Waals surface area contributed by atoms with Gasteiger partial charge < -0.3 is 10.3 Å². The first kappa shape index (κ1) is 13.0. The number of hydrogen-bond donors (Lipinski definition) is 1. The molecule has 0 radical (unpaired) electrons. The number of nitrogens with two attached hydrogens (primary N) is 1. The molecule has 0 aliphatic carbocycles. The van der Waals surface area contributed by atoms with Gasteiger partial charge in [0.2, 0.25) is 0 Å². The van der Waals surface area contributed by atoms with Crippen molar-refractivity contribution in [2.45, 2.75) is 12.5 Å². The van der Waals surface area contributed by atoms with Crippen LogP contribution in [0.1, 0.15) is 18.3 Å². The second kappa shape index (κ2) is 4.66. The minimum atomic E-state index is -3.00. The smallest absolute Gasteiger partial charge is 0.159 e. The van der Waals surface area contributed by atoms with Crippen LogP contribution in [-0.4, -0.2) is 35.0 Å². The van der Waals surface area contributed by atoms with Crippen molar-refractivity contribution in [2.75, 3.05) is 12.0 Å². The number of pyridine rings is 1. The van der Waals surface area contributed by atoms with Crippen LogP contribution in [0, 0.1) is 0 Å². The van der Waals surface area contributed by atoms with Crippen LogP contribution < -0.4 is 5.73 Å². The second-order valence-electron chi connectivity index (χ2n) is 4.40. The molecule has 0 aromatic carbocycles. The van der Waals surface area contributed by atoms with Crippen LogP contribution in [0.3, 0.4) is 0 Å². The van der Waals surface area contributed by atoms with Gasteiger partial charge in [0.25, 0.3) is 0 Å². The molecule has 6 nitrogen and oxygen atoms in total. The minimum absolute atomic E-state index is 0.0603. The maximum absolute atomic E-state index is 11.1. The zero-order valence-corrected chi connectivity index (χ0v) is 11.2. The fraction of sp³-hybridized carbons (Fsp3) is 0.455. The van der Waals surface area contributed by atoms with Gasteiger partial charge in [0.05, 0.1) is 11.8 Å². The molecule has 2 N–H and O–H groups in total. The maximum Gasteiger partial charge on any atom is 0.159 e. The maximum atomic E-state index is 11.1. The number of aryl methyl sites for hydroxylation is 1. The Balaban J connectivity index is 2.28. The van der Waals surface area contributed by atoms with E-state index < -0.39 is 15.9 Å². The molecule has 0 aliphatic heterocycles. The first-order chi connectivity index (χ1) is 8.38. The van der Waals surface area contributed by atoms with E-state index in [0.29, 0.717) is 12.2 Å². The lowest BCUT2D eigenvalue weighted by atomic mass is 10.2. The van der Waals surface area contributed by atoms with E-state index in [1.165, 1.54) is 6.26 Å². The highest BCUT2D eigenvalue weighted by Crippen LogP contribution is 2.18. The lowest BCUT2D eigenvalue weighted by Gasteiger charge is -2.10. The number of sulfone groups is 1.